The highest BCUT2D eigenvalue weighted by molar-refractivity contribution is 6.36. The second-order valence-corrected chi connectivity index (χ2v) is 9.37. The molecule has 1 saturated heterocycles. The van der Waals surface area contributed by atoms with Gasteiger partial charge in [-0.05, 0) is 60.7 Å². The van der Waals surface area contributed by atoms with Crippen molar-refractivity contribution in [1.82, 2.24) is 14.8 Å². The Morgan fingerprint density at radius 1 is 1.28 bits per heavy atom. The van der Waals surface area contributed by atoms with Gasteiger partial charge in [-0.2, -0.15) is 5.10 Å². The maximum absolute atomic E-state index is 13.2. The minimum Gasteiger partial charge on any atom is -0.357 e. The van der Waals surface area contributed by atoms with Crippen LogP contribution in [0.2, 0.25) is 5.02 Å². The summed E-state index contributed by atoms with van der Waals surface area (Å²) in [6, 6.07) is 5.74. The lowest BCUT2D eigenvalue weighted by atomic mass is 9.97. The van der Waals surface area contributed by atoms with Gasteiger partial charge in [-0.15, -0.1) is 0 Å². The van der Waals surface area contributed by atoms with Gasteiger partial charge in [0.15, 0.2) is 0 Å². The lowest BCUT2D eigenvalue weighted by Gasteiger charge is -2.26. The zero-order valence-corrected chi connectivity index (χ0v) is 18.9. The summed E-state index contributed by atoms with van der Waals surface area (Å²) >= 11 is 6.61. The molecule has 8 heteroatoms. The number of hydrogen-bond acceptors (Lipinski definition) is 4. The highest BCUT2D eigenvalue weighted by Crippen LogP contribution is 2.38. The molecule has 1 saturated carbocycles. The fourth-order valence-electron chi connectivity index (χ4n) is 4.41. The molecule has 3 aromatic rings. The van der Waals surface area contributed by atoms with E-state index in [1.165, 1.54) is 0 Å². The van der Waals surface area contributed by atoms with Gasteiger partial charge in [0.2, 0.25) is 5.91 Å². The third-order valence-electron chi connectivity index (χ3n) is 6.21. The van der Waals surface area contributed by atoms with E-state index in [1.807, 2.05) is 23.0 Å². The largest absolute Gasteiger partial charge is 0.357 e. The number of alkyl halides is 1. The predicted molar refractivity (Wildman–Crippen MR) is 123 cm³/mol. The van der Waals surface area contributed by atoms with Gasteiger partial charge in [-0.3, -0.25) is 4.79 Å². The van der Waals surface area contributed by atoms with Gasteiger partial charge in [-0.1, -0.05) is 25.4 Å². The van der Waals surface area contributed by atoms with Crippen molar-refractivity contribution in [2.24, 2.45) is 5.92 Å². The molecule has 3 unspecified atom stereocenters. The monoisotopic (exact) mass is 456 g/mol. The number of rotatable bonds is 5. The van der Waals surface area contributed by atoms with E-state index < -0.39 is 12.1 Å². The quantitative estimate of drug-likeness (QED) is 0.521. The molecule has 3 heterocycles. The van der Waals surface area contributed by atoms with Crippen LogP contribution in [0.25, 0.3) is 21.9 Å². The van der Waals surface area contributed by atoms with E-state index in [9.17, 15) is 9.18 Å². The van der Waals surface area contributed by atoms with Crippen LogP contribution in [0.4, 0.5) is 10.2 Å². The van der Waals surface area contributed by atoms with E-state index in [4.69, 9.17) is 16.3 Å². The van der Waals surface area contributed by atoms with Crippen LogP contribution in [0.1, 0.15) is 57.4 Å². The summed E-state index contributed by atoms with van der Waals surface area (Å²) in [5, 5.41) is 9.61. The molecule has 32 heavy (non-hydrogen) atoms. The van der Waals surface area contributed by atoms with E-state index in [2.05, 4.69) is 29.2 Å². The molecule has 0 bridgehead atoms. The van der Waals surface area contributed by atoms with Crippen molar-refractivity contribution in [1.29, 1.82) is 0 Å². The third kappa shape index (κ3) is 3.99. The van der Waals surface area contributed by atoms with Gasteiger partial charge >= 0.3 is 0 Å². The first-order valence-electron chi connectivity index (χ1n) is 11.2. The first kappa shape index (κ1) is 21.3. The molecule has 1 aromatic carbocycles. The third-order valence-corrected chi connectivity index (χ3v) is 6.52. The van der Waals surface area contributed by atoms with Gasteiger partial charge in [0.1, 0.15) is 18.2 Å². The number of nitrogens with zero attached hydrogens (tertiary/aromatic N) is 3. The normalized spacial score (nSPS) is 23.0. The Morgan fingerprint density at radius 2 is 2.09 bits per heavy atom. The number of anilines is 1. The molecule has 1 N–H and O–H groups in total. The molecule has 2 aromatic heterocycles. The van der Waals surface area contributed by atoms with E-state index in [0.29, 0.717) is 10.8 Å². The van der Waals surface area contributed by atoms with Crippen LogP contribution in [0.3, 0.4) is 0 Å². The molecule has 0 radical (unpaired) electrons. The van der Waals surface area contributed by atoms with Crippen LogP contribution >= 0.6 is 11.6 Å². The highest BCUT2D eigenvalue weighted by atomic mass is 35.5. The summed E-state index contributed by atoms with van der Waals surface area (Å²) in [6.45, 7) is 5.05. The number of carbonyl (C=O) groups excluding carboxylic acids is 1. The number of pyridine rings is 1. The highest BCUT2D eigenvalue weighted by Gasteiger charge is 2.43. The number of ether oxygens (including phenoxy) is 1. The summed E-state index contributed by atoms with van der Waals surface area (Å²) in [5.41, 5.74) is 3.07. The fraction of sp³-hybridized carbons (Fsp3) is 0.458. The van der Waals surface area contributed by atoms with Gasteiger partial charge in [0.25, 0.3) is 0 Å². The predicted octanol–water partition coefficient (Wildman–Crippen LogP) is 5.87. The molecule has 1 amide bonds. The summed E-state index contributed by atoms with van der Waals surface area (Å²) < 4.78 is 21.2. The number of aromatic nitrogens is 3. The minimum atomic E-state index is -1.05. The number of benzene rings is 1. The lowest BCUT2D eigenvalue weighted by Crippen LogP contribution is -2.21. The number of hydrogen-bond donors (Lipinski definition) is 1. The summed E-state index contributed by atoms with van der Waals surface area (Å²) in [7, 11) is 0. The van der Waals surface area contributed by atoms with Crippen molar-refractivity contribution in [3.63, 3.8) is 0 Å². The Kier molecular flexibility index (Phi) is 5.63. The Labute approximate surface area is 191 Å². The maximum atomic E-state index is 13.2. The van der Waals surface area contributed by atoms with Crippen molar-refractivity contribution in [2.75, 3.05) is 11.9 Å². The Morgan fingerprint density at radius 3 is 2.78 bits per heavy atom. The zero-order chi connectivity index (χ0) is 22.4. The molecule has 1 aliphatic heterocycles. The second kappa shape index (κ2) is 8.45. The molecule has 2 fully saturated rings. The van der Waals surface area contributed by atoms with Crippen molar-refractivity contribution in [3.8, 4) is 11.1 Å². The molecule has 168 valence electrons. The molecular weight excluding hydrogens is 431 g/mol. The van der Waals surface area contributed by atoms with E-state index in [-0.39, 0.29) is 24.5 Å². The number of halogens is 2. The second-order valence-electron chi connectivity index (χ2n) is 8.96. The number of carbonyl (C=O) groups is 1. The first-order valence-corrected chi connectivity index (χ1v) is 11.5. The summed E-state index contributed by atoms with van der Waals surface area (Å²) in [6.07, 6.45) is 5.88. The van der Waals surface area contributed by atoms with E-state index in [0.717, 1.165) is 53.5 Å². The molecule has 6 nitrogen and oxygen atoms in total. The summed E-state index contributed by atoms with van der Waals surface area (Å²) in [4.78, 5) is 16.4. The van der Waals surface area contributed by atoms with Crippen LogP contribution in [0.15, 0.2) is 30.6 Å². The average Bonchev–Trinajstić information content (AvgIpc) is 3.34. The van der Waals surface area contributed by atoms with Crippen LogP contribution in [0, 0.1) is 5.92 Å². The van der Waals surface area contributed by atoms with E-state index >= 15 is 0 Å². The van der Waals surface area contributed by atoms with Gasteiger partial charge in [-0.25, -0.2) is 14.1 Å². The zero-order valence-electron chi connectivity index (χ0n) is 18.1. The van der Waals surface area contributed by atoms with Crippen molar-refractivity contribution in [2.45, 2.75) is 57.8 Å². The number of amides is 1. The molecule has 0 spiro atoms. The number of fused-ring (bicyclic) bond motifs is 1. The van der Waals surface area contributed by atoms with Gasteiger partial charge < -0.3 is 10.1 Å². The molecule has 2 aliphatic rings. The molecule has 1 aliphatic carbocycles. The Balaban J connectivity index is 1.52. The molecular formula is C24H26ClFN4O2. The molecule has 5 rings (SSSR count). The van der Waals surface area contributed by atoms with Gasteiger partial charge in [0, 0.05) is 23.8 Å². The topological polar surface area (TPSA) is 69.0 Å². The summed E-state index contributed by atoms with van der Waals surface area (Å²) in [5.74, 6) is -0.261. The SMILES string of the molecule is CC(C)c1c(-c2cc(Cl)c3cnc(NC(=O)C4CC4F)cc3c2)cnn1C1CCCCO1. The first-order chi connectivity index (χ1) is 15.4. The number of nitrogens with one attached hydrogen (secondary N) is 1. The smallest absolute Gasteiger partial charge is 0.231 e. The lowest BCUT2D eigenvalue weighted by molar-refractivity contribution is -0.117. The Hall–Kier alpha value is -2.51. The fourth-order valence-corrected chi connectivity index (χ4v) is 4.68. The standard InChI is InChI=1S/C24H26ClFN4O2/c1-13(2)23-18(12-28-30(23)22-5-3-4-6-32-22)14-7-15-9-21(27-11-17(15)19(25)8-14)29-24(31)16-10-20(16)26/h7-9,11-13,16,20,22H,3-6,10H2,1-2H3,(H,27,29,31). The average molecular weight is 457 g/mol. The maximum Gasteiger partial charge on any atom is 0.231 e. The van der Waals surface area contributed by atoms with Crippen LogP contribution < -0.4 is 5.32 Å². The van der Waals surface area contributed by atoms with Crippen molar-refractivity contribution in [3.05, 3.63) is 41.3 Å². The molecule has 3 atom stereocenters. The van der Waals surface area contributed by atoms with Gasteiger partial charge in [0.05, 0.1) is 22.8 Å². The van der Waals surface area contributed by atoms with Crippen LogP contribution in [-0.4, -0.2) is 33.5 Å². The Bertz CT molecular complexity index is 1170. The van der Waals surface area contributed by atoms with E-state index in [1.54, 1.807) is 12.3 Å². The van der Waals surface area contributed by atoms with Crippen molar-refractivity contribution >= 4 is 34.1 Å². The van der Waals surface area contributed by atoms with Crippen LogP contribution in [0.5, 0.6) is 0 Å². The minimum absolute atomic E-state index is 0.0430. The van der Waals surface area contributed by atoms with Crippen LogP contribution in [-0.2, 0) is 9.53 Å². The van der Waals surface area contributed by atoms with Crippen molar-refractivity contribution < 1.29 is 13.9 Å².